The summed E-state index contributed by atoms with van der Waals surface area (Å²) in [6, 6.07) is 7.81. The van der Waals surface area contributed by atoms with Gasteiger partial charge in [0.05, 0.1) is 5.69 Å². The molecule has 1 heterocycles. The van der Waals surface area contributed by atoms with Crippen LogP contribution in [-0.2, 0) is 0 Å². The fourth-order valence-electron chi connectivity index (χ4n) is 2.95. The molecule has 0 saturated heterocycles. The van der Waals surface area contributed by atoms with E-state index in [1.54, 1.807) is 0 Å². The van der Waals surface area contributed by atoms with E-state index in [0.717, 1.165) is 25.0 Å². The average molecular weight is 358 g/mol. The highest BCUT2D eigenvalue weighted by Gasteiger charge is 2.30. The maximum Gasteiger partial charge on any atom is 0.272 e. The molecule has 1 aromatic heterocycles. The van der Waals surface area contributed by atoms with Crippen LogP contribution in [-0.4, -0.2) is 10.5 Å². The monoisotopic (exact) mass is 358 g/mol. The molecular weight excluding hydrogens is 345 g/mol. The minimum absolute atomic E-state index is 0.0133. The van der Waals surface area contributed by atoms with Gasteiger partial charge in [-0.2, -0.15) is 0 Å². The van der Waals surface area contributed by atoms with Crippen LogP contribution in [0.25, 0.3) is 10.8 Å². The second kappa shape index (κ2) is 6.01. The Morgan fingerprint density at radius 2 is 1.69 bits per heavy atom. The van der Waals surface area contributed by atoms with Crippen molar-refractivity contribution in [2.75, 3.05) is 5.32 Å². The van der Waals surface area contributed by atoms with Gasteiger partial charge in [-0.3, -0.25) is 9.59 Å². The molecule has 0 spiro atoms. The Labute approximate surface area is 145 Å². The number of carbonyl (C=O) groups is 1. The minimum Gasteiger partial charge on any atom is -0.318 e. The number of nitrogens with zero attached hydrogens (tertiary/aromatic N) is 1. The van der Waals surface area contributed by atoms with Gasteiger partial charge in [0, 0.05) is 17.5 Å². The number of pyridine rings is 1. The Morgan fingerprint density at radius 3 is 2.38 bits per heavy atom. The molecule has 7 heteroatoms. The Balaban J connectivity index is 1.82. The second-order valence-electron chi connectivity index (χ2n) is 6.25. The molecule has 1 N–H and O–H groups in total. The summed E-state index contributed by atoms with van der Waals surface area (Å²) in [7, 11) is 0. The van der Waals surface area contributed by atoms with Crippen LogP contribution in [0.5, 0.6) is 0 Å². The van der Waals surface area contributed by atoms with Crippen LogP contribution in [0.2, 0.25) is 0 Å². The predicted octanol–water partition coefficient (Wildman–Crippen LogP) is 4.01. The Kier molecular flexibility index (Phi) is 3.79. The Hall–Kier alpha value is -3.09. The number of amides is 1. The Morgan fingerprint density at radius 1 is 1.00 bits per heavy atom. The van der Waals surface area contributed by atoms with Crippen molar-refractivity contribution >= 4 is 22.4 Å². The first-order valence-electron chi connectivity index (χ1n) is 8.05. The van der Waals surface area contributed by atoms with E-state index in [2.05, 4.69) is 5.32 Å². The van der Waals surface area contributed by atoms with E-state index in [1.807, 2.05) is 0 Å². The van der Waals surface area contributed by atoms with Gasteiger partial charge in [0.2, 0.25) is 0 Å². The number of aromatic nitrogens is 1. The molecule has 1 aliphatic carbocycles. The topological polar surface area (TPSA) is 51.1 Å². The van der Waals surface area contributed by atoms with Crippen molar-refractivity contribution < 1.29 is 18.0 Å². The number of nitrogens with one attached hydrogen (secondary N) is 1. The number of hydrogen-bond donors (Lipinski definition) is 1. The molecule has 2 aromatic carbocycles. The predicted molar refractivity (Wildman–Crippen MR) is 90.7 cm³/mol. The molecule has 0 radical (unpaired) electrons. The van der Waals surface area contributed by atoms with E-state index in [4.69, 9.17) is 0 Å². The Bertz CT molecular complexity index is 1100. The lowest BCUT2D eigenvalue weighted by Gasteiger charge is -2.14. The van der Waals surface area contributed by atoms with Crippen LogP contribution in [0.3, 0.4) is 0 Å². The van der Waals surface area contributed by atoms with E-state index < -0.39 is 28.9 Å². The number of benzene rings is 2. The molecular formula is C19H13F3N2O2. The number of fused-ring (bicyclic) bond motifs is 1. The van der Waals surface area contributed by atoms with E-state index in [9.17, 15) is 22.8 Å². The largest absolute Gasteiger partial charge is 0.318 e. The summed E-state index contributed by atoms with van der Waals surface area (Å²) in [5.41, 5.74) is -0.584. The molecule has 4 nitrogen and oxygen atoms in total. The van der Waals surface area contributed by atoms with Gasteiger partial charge in [-0.15, -0.1) is 0 Å². The van der Waals surface area contributed by atoms with Crippen molar-refractivity contribution in [1.29, 1.82) is 0 Å². The molecule has 132 valence electrons. The molecule has 0 bridgehead atoms. The van der Waals surface area contributed by atoms with Crippen molar-refractivity contribution in [2.24, 2.45) is 0 Å². The van der Waals surface area contributed by atoms with Gasteiger partial charge in [-0.05, 0) is 54.6 Å². The summed E-state index contributed by atoms with van der Waals surface area (Å²) < 4.78 is 41.7. The smallest absolute Gasteiger partial charge is 0.272 e. The van der Waals surface area contributed by atoms with Gasteiger partial charge in [0.1, 0.15) is 23.1 Å². The molecule has 1 amide bonds. The lowest BCUT2D eigenvalue weighted by Crippen LogP contribution is -2.28. The third kappa shape index (κ3) is 2.85. The molecule has 1 aliphatic rings. The molecule has 4 rings (SSSR count). The number of hydrogen-bond acceptors (Lipinski definition) is 2. The van der Waals surface area contributed by atoms with Crippen LogP contribution < -0.4 is 10.9 Å². The average Bonchev–Trinajstić information content (AvgIpc) is 3.41. The summed E-state index contributed by atoms with van der Waals surface area (Å²) in [5, 5.41) is 2.95. The number of anilines is 1. The van der Waals surface area contributed by atoms with Gasteiger partial charge in [-0.1, -0.05) is 0 Å². The third-order valence-electron chi connectivity index (χ3n) is 4.34. The van der Waals surface area contributed by atoms with Gasteiger partial charge in [-0.25, -0.2) is 13.2 Å². The molecule has 0 aliphatic heterocycles. The van der Waals surface area contributed by atoms with Crippen molar-refractivity contribution in [1.82, 2.24) is 4.57 Å². The van der Waals surface area contributed by atoms with Crippen LogP contribution in [0.15, 0.2) is 47.3 Å². The van der Waals surface area contributed by atoms with Gasteiger partial charge in [0.15, 0.2) is 0 Å². The minimum atomic E-state index is -0.925. The quantitative estimate of drug-likeness (QED) is 0.769. The lowest BCUT2D eigenvalue weighted by atomic mass is 10.1. The highest BCUT2D eigenvalue weighted by Crippen LogP contribution is 2.35. The first-order chi connectivity index (χ1) is 12.4. The number of halogens is 3. The molecule has 26 heavy (non-hydrogen) atoms. The summed E-state index contributed by atoms with van der Waals surface area (Å²) in [4.78, 5) is 25.4. The van der Waals surface area contributed by atoms with E-state index in [-0.39, 0.29) is 22.8 Å². The van der Waals surface area contributed by atoms with Crippen molar-refractivity contribution in [3.05, 3.63) is 76.0 Å². The van der Waals surface area contributed by atoms with Crippen LogP contribution in [0.1, 0.15) is 29.4 Å². The zero-order valence-electron chi connectivity index (χ0n) is 13.4. The van der Waals surface area contributed by atoms with E-state index >= 15 is 0 Å². The van der Waals surface area contributed by atoms with Crippen LogP contribution in [0, 0.1) is 17.5 Å². The molecule has 1 saturated carbocycles. The standard InChI is InChI=1S/C19H13F3N2O2/c20-11-1-5-14-10(7-11)8-17(24(19(14)26)13-3-4-13)18(25)23-16-6-2-12(21)9-15(16)22/h1-2,5-9,13H,3-4H2,(H,23,25). The summed E-state index contributed by atoms with van der Waals surface area (Å²) in [5.74, 6) is -2.94. The van der Waals surface area contributed by atoms with Crippen molar-refractivity contribution in [3.8, 4) is 0 Å². The van der Waals surface area contributed by atoms with E-state index in [1.165, 1.54) is 28.8 Å². The second-order valence-corrected chi connectivity index (χ2v) is 6.25. The zero-order chi connectivity index (χ0) is 18.4. The molecule has 0 unspecified atom stereocenters. The fraction of sp³-hybridized carbons (Fsp3) is 0.158. The molecule has 1 fully saturated rings. The molecule has 3 aromatic rings. The summed E-state index contributed by atoms with van der Waals surface area (Å²) >= 11 is 0. The maximum absolute atomic E-state index is 13.8. The van der Waals surface area contributed by atoms with Crippen LogP contribution in [0.4, 0.5) is 18.9 Å². The SMILES string of the molecule is O=C(Nc1ccc(F)cc1F)c1cc2cc(F)ccc2c(=O)n1C1CC1. The summed E-state index contributed by atoms with van der Waals surface area (Å²) in [6.07, 6.45) is 1.50. The number of carbonyl (C=O) groups excluding carboxylic acids is 1. The highest BCUT2D eigenvalue weighted by atomic mass is 19.1. The number of rotatable bonds is 3. The van der Waals surface area contributed by atoms with Crippen molar-refractivity contribution in [3.63, 3.8) is 0 Å². The normalized spacial score (nSPS) is 13.8. The maximum atomic E-state index is 13.8. The third-order valence-corrected chi connectivity index (χ3v) is 4.34. The lowest BCUT2D eigenvalue weighted by molar-refractivity contribution is 0.101. The zero-order valence-corrected chi connectivity index (χ0v) is 13.4. The first-order valence-corrected chi connectivity index (χ1v) is 8.05. The highest BCUT2D eigenvalue weighted by molar-refractivity contribution is 6.05. The molecule has 0 atom stereocenters. The fourth-order valence-corrected chi connectivity index (χ4v) is 2.95. The van der Waals surface area contributed by atoms with E-state index in [0.29, 0.717) is 11.5 Å². The van der Waals surface area contributed by atoms with Crippen LogP contribution >= 0.6 is 0 Å². The first kappa shape index (κ1) is 16.4. The van der Waals surface area contributed by atoms with Gasteiger partial charge in [0.25, 0.3) is 11.5 Å². The van der Waals surface area contributed by atoms with Gasteiger partial charge >= 0.3 is 0 Å². The van der Waals surface area contributed by atoms with Crippen molar-refractivity contribution in [2.45, 2.75) is 18.9 Å². The summed E-state index contributed by atoms with van der Waals surface area (Å²) in [6.45, 7) is 0. The van der Waals surface area contributed by atoms with Gasteiger partial charge < -0.3 is 9.88 Å².